The first-order valence-electron chi connectivity index (χ1n) is 5.35. The number of aromatic nitrogens is 5. The minimum Gasteiger partial charge on any atom is -0.343 e. The highest BCUT2D eigenvalue weighted by molar-refractivity contribution is 7.97. The average molecular weight is 277 g/mol. The van der Waals surface area contributed by atoms with Crippen LogP contribution in [0.1, 0.15) is 27.7 Å². The van der Waals surface area contributed by atoms with E-state index in [1.54, 1.807) is 11.8 Å². The van der Waals surface area contributed by atoms with Crippen LogP contribution in [0.25, 0.3) is 0 Å². The van der Waals surface area contributed by atoms with Crippen LogP contribution in [0.3, 0.4) is 0 Å². The van der Waals surface area contributed by atoms with Crippen LogP contribution >= 0.6 is 11.8 Å². The van der Waals surface area contributed by atoms with Crippen molar-refractivity contribution in [3.05, 3.63) is 29.1 Å². The lowest BCUT2D eigenvalue weighted by molar-refractivity contribution is 0.0944. The van der Waals surface area contributed by atoms with Crippen molar-refractivity contribution >= 4 is 17.7 Å². The fourth-order valence-corrected chi connectivity index (χ4v) is 1.79. The highest BCUT2D eigenvalue weighted by atomic mass is 32.2. The Morgan fingerprint density at radius 1 is 1.58 bits per heavy atom. The molecule has 0 radical (unpaired) electrons. The maximum atomic E-state index is 11.8. The summed E-state index contributed by atoms with van der Waals surface area (Å²) < 4.78 is 0. The van der Waals surface area contributed by atoms with E-state index in [1.165, 1.54) is 6.20 Å². The molecule has 2 rings (SSSR count). The Morgan fingerprint density at radius 3 is 3.16 bits per heavy atom. The molecule has 0 aliphatic heterocycles. The summed E-state index contributed by atoms with van der Waals surface area (Å²) in [5, 5.41) is 24.3. The van der Waals surface area contributed by atoms with Gasteiger partial charge in [0.15, 0.2) is 5.82 Å². The van der Waals surface area contributed by atoms with Gasteiger partial charge in [0.2, 0.25) is 0 Å². The molecule has 0 aliphatic rings. The molecule has 1 amide bonds. The highest BCUT2D eigenvalue weighted by Gasteiger charge is 2.13. The summed E-state index contributed by atoms with van der Waals surface area (Å²) in [5.74, 6) is 1.56. The van der Waals surface area contributed by atoms with E-state index in [0.29, 0.717) is 17.4 Å². The standard InChI is InChI=1S/C10H11N7OS/c1-19-5-8-14-7(15-16-8)4-12-10(18)9-6(2-11)3-13-17-9/h3H,4-5H2,1H3,(H,12,18)(H,13,17)(H,14,15,16). The van der Waals surface area contributed by atoms with Crippen molar-refractivity contribution in [1.82, 2.24) is 30.7 Å². The molecular weight excluding hydrogens is 266 g/mol. The van der Waals surface area contributed by atoms with E-state index in [2.05, 4.69) is 30.7 Å². The molecule has 19 heavy (non-hydrogen) atoms. The lowest BCUT2D eigenvalue weighted by Crippen LogP contribution is -2.24. The van der Waals surface area contributed by atoms with Crippen molar-refractivity contribution in [1.29, 1.82) is 5.26 Å². The van der Waals surface area contributed by atoms with Crippen molar-refractivity contribution < 1.29 is 4.79 Å². The normalized spacial score (nSPS) is 10.1. The van der Waals surface area contributed by atoms with Gasteiger partial charge in [-0.1, -0.05) is 0 Å². The SMILES string of the molecule is CSCc1n[nH]c(CNC(=O)c2[nH]ncc2C#N)n1. The molecule has 0 aromatic carbocycles. The molecule has 0 saturated heterocycles. The summed E-state index contributed by atoms with van der Waals surface area (Å²) in [6.45, 7) is 0.212. The lowest BCUT2D eigenvalue weighted by Gasteiger charge is -2.00. The smallest absolute Gasteiger partial charge is 0.271 e. The third-order valence-electron chi connectivity index (χ3n) is 2.25. The summed E-state index contributed by atoms with van der Waals surface area (Å²) >= 11 is 1.61. The minimum absolute atomic E-state index is 0.145. The van der Waals surface area contributed by atoms with Crippen LogP contribution in [0.2, 0.25) is 0 Å². The Bertz CT molecular complexity index is 611. The van der Waals surface area contributed by atoms with Gasteiger partial charge in [0, 0.05) is 0 Å². The predicted molar refractivity (Wildman–Crippen MR) is 68.1 cm³/mol. The van der Waals surface area contributed by atoms with E-state index >= 15 is 0 Å². The quantitative estimate of drug-likeness (QED) is 0.717. The van der Waals surface area contributed by atoms with E-state index in [1.807, 2.05) is 12.3 Å². The number of nitrogens with zero attached hydrogens (tertiary/aromatic N) is 4. The first-order valence-corrected chi connectivity index (χ1v) is 6.74. The maximum Gasteiger partial charge on any atom is 0.271 e. The second-order valence-electron chi connectivity index (χ2n) is 3.58. The predicted octanol–water partition coefficient (Wildman–Crippen LogP) is 0.192. The van der Waals surface area contributed by atoms with Crippen LogP contribution in [0.5, 0.6) is 0 Å². The second-order valence-corrected chi connectivity index (χ2v) is 4.45. The Balaban J connectivity index is 1.95. The number of carbonyl (C=O) groups is 1. The van der Waals surface area contributed by atoms with E-state index in [-0.39, 0.29) is 17.8 Å². The van der Waals surface area contributed by atoms with Gasteiger partial charge in [-0.05, 0) is 6.26 Å². The van der Waals surface area contributed by atoms with E-state index < -0.39 is 5.91 Å². The van der Waals surface area contributed by atoms with Gasteiger partial charge in [-0.15, -0.1) is 0 Å². The largest absolute Gasteiger partial charge is 0.343 e. The Kier molecular flexibility index (Phi) is 4.15. The lowest BCUT2D eigenvalue weighted by atomic mass is 10.2. The van der Waals surface area contributed by atoms with Gasteiger partial charge < -0.3 is 5.32 Å². The number of aromatic amines is 2. The zero-order valence-corrected chi connectivity index (χ0v) is 10.9. The topological polar surface area (TPSA) is 123 Å². The summed E-state index contributed by atoms with van der Waals surface area (Å²) in [6, 6.07) is 1.88. The molecule has 0 unspecified atom stereocenters. The molecule has 8 nitrogen and oxygen atoms in total. The Morgan fingerprint density at radius 2 is 2.42 bits per heavy atom. The molecule has 0 saturated carbocycles. The zero-order chi connectivity index (χ0) is 13.7. The third kappa shape index (κ3) is 3.11. The van der Waals surface area contributed by atoms with Crippen LogP contribution in [-0.2, 0) is 12.3 Å². The van der Waals surface area contributed by atoms with E-state index in [4.69, 9.17) is 5.26 Å². The number of nitrogens with one attached hydrogen (secondary N) is 3. The van der Waals surface area contributed by atoms with E-state index in [9.17, 15) is 4.79 Å². The first kappa shape index (κ1) is 13.1. The highest BCUT2D eigenvalue weighted by Crippen LogP contribution is 2.04. The number of carbonyl (C=O) groups excluding carboxylic acids is 1. The number of thioether (sulfide) groups is 1. The van der Waals surface area contributed by atoms with Gasteiger partial charge in [-0.25, -0.2) is 4.98 Å². The molecule has 0 bridgehead atoms. The van der Waals surface area contributed by atoms with Gasteiger partial charge in [-0.2, -0.15) is 27.2 Å². The van der Waals surface area contributed by atoms with Crippen LogP contribution in [-0.4, -0.2) is 37.5 Å². The van der Waals surface area contributed by atoms with Crippen molar-refractivity contribution in [2.75, 3.05) is 6.26 Å². The fraction of sp³-hybridized carbons (Fsp3) is 0.300. The van der Waals surface area contributed by atoms with Crippen molar-refractivity contribution in [2.45, 2.75) is 12.3 Å². The molecule has 3 N–H and O–H groups in total. The first-order chi connectivity index (χ1) is 9.24. The number of H-pyrrole nitrogens is 2. The van der Waals surface area contributed by atoms with Gasteiger partial charge >= 0.3 is 0 Å². The van der Waals surface area contributed by atoms with Crippen LogP contribution in [0.4, 0.5) is 0 Å². The number of amides is 1. The molecule has 98 valence electrons. The van der Waals surface area contributed by atoms with Crippen LogP contribution in [0, 0.1) is 11.3 Å². The van der Waals surface area contributed by atoms with Gasteiger partial charge in [0.05, 0.1) is 18.5 Å². The third-order valence-corrected chi connectivity index (χ3v) is 2.80. The van der Waals surface area contributed by atoms with Gasteiger partial charge in [-0.3, -0.25) is 15.0 Å². The number of hydrogen-bond acceptors (Lipinski definition) is 6. The van der Waals surface area contributed by atoms with Gasteiger partial charge in [0.25, 0.3) is 5.91 Å². The van der Waals surface area contributed by atoms with Crippen LogP contribution < -0.4 is 5.32 Å². The molecule has 2 aromatic heterocycles. The fourth-order valence-electron chi connectivity index (χ4n) is 1.40. The number of hydrogen-bond donors (Lipinski definition) is 3. The Labute approximate surface area is 113 Å². The van der Waals surface area contributed by atoms with Crippen LogP contribution in [0.15, 0.2) is 6.20 Å². The van der Waals surface area contributed by atoms with Gasteiger partial charge in [0.1, 0.15) is 23.2 Å². The molecule has 0 aliphatic carbocycles. The monoisotopic (exact) mass is 277 g/mol. The molecule has 2 aromatic rings. The molecular formula is C10H11N7OS. The van der Waals surface area contributed by atoms with Crippen molar-refractivity contribution in [3.8, 4) is 6.07 Å². The number of rotatable bonds is 5. The summed E-state index contributed by atoms with van der Waals surface area (Å²) in [6.07, 6.45) is 3.26. The van der Waals surface area contributed by atoms with E-state index in [0.717, 1.165) is 0 Å². The summed E-state index contributed by atoms with van der Waals surface area (Å²) in [7, 11) is 0. The average Bonchev–Trinajstić information content (AvgIpc) is 3.05. The van der Waals surface area contributed by atoms with Crippen molar-refractivity contribution in [3.63, 3.8) is 0 Å². The molecule has 0 fully saturated rings. The molecule has 0 spiro atoms. The Hall–Kier alpha value is -2.34. The summed E-state index contributed by atoms with van der Waals surface area (Å²) in [5.41, 5.74) is 0.351. The minimum atomic E-state index is -0.406. The molecule has 9 heteroatoms. The maximum absolute atomic E-state index is 11.8. The summed E-state index contributed by atoms with van der Waals surface area (Å²) in [4.78, 5) is 16.0. The second kappa shape index (κ2) is 6.01. The van der Waals surface area contributed by atoms with Crippen molar-refractivity contribution in [2.24, 2.45) is 0 Å². The molecule has 2 heterocycles. The zero-order valence-electron chi connectivity index (χ0n) is 10.1. The number of nitriles is 1. The molecule has 0 atom stereocenters.